The molecule has 0 saturated heterocycles. The topological polar surface area (TPSA) is 70.5 Å². The van der Waals surface area contributed by atoms with Crippen molar-refractivity contribution >= 4 is 92.7 Å². The first-order valence-corrected chi connectivity index (χ1v) is 13.6. The van der Waals surface area contributed by atoms with Crippen LogP contribution >= 0.6 is 81.4 Å². The summed E-state index contributed by atoms with van der Waals surface area (Å²) in [5.41, 5.74) is 13.3. The summed E-state index contributed by atoms with van der Waals surface area (Å²) in [5, 5.41) is 0. The molecule has 0 heterocycles. The van der Waals surface area contributed by atoms with E-state index in [4.69, 9.17) is 90.5 Å². The number of rotatable bonds is 6. The molecule has 0 aromatic heterocycles. The molecule has 0 fully saturated rings. The van der Waals surface area contributed by atoms with Crippen molar-refractivity contribution in [2.24, 2.45) is 0 Å². The van der Waals surface area contributed by atoms with Crippen molar-refractivity contribution in [2.45, 2.75) is 17.4 Å². The minimum absolute atomic E-state index is 0.358. The Bertz CT molecular complexity index is 1280. The minimum Gasteiger partial charge on any atom is -0.457 e. The van der Waals surface area contributed by atoms with E-state index < -0.39 is 7.59 Å². The highest BCUT2D eigenvalue weighted by Gasteiger charge is 2.27. The normalized spacial score (nSPS) is 11.8. The molecule has 11 heteroatoms. The van der Waals surface area contributed by atoms with Gasteiger partial charge in [-0.15, -0.1) is 0 Å². The van der Waals surface area contributed by atoms with E-state index in [0.29, 0.717) is 45.5 Å². The van der Waals surface area contributed by atoms with E-state index in [2.05, 4.69) is 0 Å². The van der Waals surface area contributed by atoms with E-state index in [1.54, 1.807) is 48.2 Å². The number of hydrogen-bond acceptors (Lipinski definition) is 5. The molecule has 0 aliphatic rings. The highest BCUT2D eigenvalue weighted by molar-refractivity contribution is 7.99. The first-order chi connectivity index (χ1) is 17.4. The molecule has 0 amide bonds. The van der Waals surface area contributed by atoms with Gasteiger partial charge in [-0.1, -0.05) is 81.4 Å². The maximum absolute atomic E-state index is 5.98. The molecule has 4 nitrogen and oxygen atoms in total. The van der Waals surface area contributed by atoms with Crippen LogP contribution in [0.25, 0.3) is 0 Å². The molecular weight excluding hydrogens is 617 g/mol. The van der Waals surface area contributed by atoms with Crippen LogP contribution in [0.1, 0.15) is 11.1 Å². The lowest BCUT2D eigenvalue weighted by Gasteiger charge is -2.16. The van der Waals surface area contributed by atoms with Crippen LogP contribution in [0.4, 0.5) is 11.4 Å². The molecule has 192 valence electrons. The van der Waals surface area contributed by atoms with Crippen LogP contribution < -0.4 is 20.9 Å². The summed E-state index contributed by atoms with van der Waals surface area (Å²) in [6.45, 7) is 0. The van der Waals surface area contributed by atoms with Gasteiger partial charge < -0.3 is 20.9 Å². The number of nitrogens with two attached hydrogens (primary N) is 2. The zero-order chi connectivity index (χ0) is 26.8. The number of halogens is 6. The standard InChI is InChI=1S/C26H18Cl6N2O2S/c27-25(28,29)21-13-17(5-11-23(21)33)35-15-1-7-19(8-2-15)37-20-9-3-16(4-10-20)36-18-6-12-24(34)22(14-18)26(30,31)32/h1-14H,33-34H2. The molecule has 4 rings (SSSR count). The predicted octanol–water partition coefficient (Wildman–Crippen LogP) is 10.2. The number of benzene rings is 4. The second-order valence-corrected chi connectivity index (χ2v) is 13.5. The van der Waals surface area contributed by atoms with Gasteiger partial charge in [0, 0.05) is 32.3 Å². The van der Waals surface area contributed by atoms with Crippen LogP contribution in [0.3, 0.4) is 0 Å². The number of anilines is 2. The third-order valence-electron chi connectivity index (χ3n) is 5.01. The van der Waals surface area contributed by atoms with Gasteiger partial charge in [-0.25, -0.2) is 0 Å². The Balaban J connectivity index is 1.39. The van der Waals surface area contributed by atoms with Crippen molar-refractivity contribution < 1.29 is 9.47 Å². The Morgan fingerprint density at radius 3 is 1.14 bits per heavy atom. The van der Waals surface area contributed by atoms with Crippen molar-refractivity contribution in [2.75, 3.05) is 11.5 Å². The monoisotopic (exact) mass is 632 g/mol. The third-order valence-corrected chi connectivity index (χ3v) is 7.25. The van der Waals surface area contributed by atoms with Gasteiger partial charge in [0.25, 0.3) is 0 Å². The summed E-state index contributed by atoms with van der Waals surface area (Å²) in [6.07, 6.45) is 0. The quantitative estimate of drug-likeness (QED) is 0.163. The Hall–Kier alpha value is -1.83. The zero-order valence-corrected chi connectivity index (χ0v) is 24.1. The Morgan fingerprint density at radius 2 is 0.811 bits per heavy atom. The van der Waals surface area contributed by atoms with E-state index in [1.807, 2.05) is 48.5 Å². The molecule has 0 aliphatic heterocycles. The number of hydrogen-bond donors (Lipinski definition) is 2. The molecule has 4 aromatic rings. The fourth-order valence-corrected chi connectivity index (χ4v) is 5.05. The summed E-state index contributed by atoms with van der Waals surface area (Å²) in [7, 11) is 0. The highest BCUT2D eigenvalue weighted by atomic mass is 35.6. The van der Waals surface area contributed by atoms with E-state index in [1.165, 1.54) is 0 Å². The number of alkyl halides is 6. The summed E-state index contributed by atoms with van der Waals surface area (Å²) in [5.74, 6) is 2.28. The van der Waals surface area contributed by atoms with E-state index >= 15 is 0 Å². The smallest absolute Gasteiger partial charge is 0.218 e. The molecule has 4 N–H and O–H groups in total. The van der Waals surface area contributed by atoms with Crippen LogP contribution in [0.2, 0.25) is 0 Å². The summed E-state index contributed by atoms with van der Waals surface area (Å²) >= 11 is 37.5. The average Bonchev–Trinajstić information content (AvgIpc) is 2.82. The van der Waals surface area contributed by atoms with Gasteiger partial charge in [0.1, 0.15) is 23.0 Å². The van der Waals surface area contributed by atoms with Crippen LogP contribution in [-0.4, -0.2) is 0 Å². The van der Waals surface area contributed by atoms with E-state index in [9.17, 15) is 0 Å². The maximum atomic E-state index is 5.98. The average molecular weight is 635 g/mol. The fourth-order valence-electron chi connectivity index (χ4n) is 3.25. The Kier molecular flexibility index (Phi) is 8.76. The van der Waals surface area contributed by atoms with Gasteiger partial charge in [0.15, 0.2) is 0 Å². The molecule has 0 spiro atoms. The van der Waals surface area contributed by atoms with Crippen molar-refractivity contribution in [3.63, 3.8) is 0 Å². The fraction of sp³-hybridized carbons (Fsp3) is 0.0769. The SMILES string of the molecule is Nc1ccc(Oc2ccc(Sc3ccc(Oc4ccc(N)c(C(Cl)(Cl)Cl)c4)cc3)cc2)cc1C(Cl)(Cl)Cl. The van der Waals surface area contributed by atoms with Crippen molar-refractivity contribution in [3.05, 3.63) is 96.1 Å². The Morgan fingerprint density at radius 1 is 0.486 bits per heavy atom. The molecule has 0 bridgehead atoms. The van der Waals surface area contributed by atoms with Crippen molar-refractivity contribution in [1.29, 1.82) is 0 Å². The molecule has 37 heavy (non-hydrogen) atoms. The lowest BCUT2D eigenvalue weighted by Crippen LogP contribution is -2.05. The van der Waals surface area contributed by atoms with Gasteiger partial charge in [-0.3, -0.25) is 0 Å². The van der Waals surface area contributed by atoms with Crippen LogP contribution in [0, 0.1) is 0 Å². The van der Waals surface area contributed by atoms with E-state index in [0.717, 1.165) is 9.79 Å². The highest BCUT2D eigenvalue weighted by Crippen LogP contribution is 2.44. The summed E-state index contributed by atoms with van der Waals surface area (Å²) < 4.78 is 8.50. The van der Waals surface area contributed by atoms with Gasteiger partial charge >= 0.3 is 0 Å². The largest absolute Gasteiger partial charge is 0.457 e. The molecule has 0 unspecified atom stereocenters. The number of ether oxygens (including phenoxy) is 2. The first-order valence-electron chi connectivity index (χ1n) is 10.6. The Labute approximate surface area is 248 Å². The van der Waals surface area contributed by atoms with Crippen LogP contribution in [0.5, 0.6) is 23.0 Å². The molecular formula is C26H18Cl6N2O2S. The molecule has 0 atom stereocenters. The minimum atomic E-state index is -1.65. The van der Waals surface area contributed by atoms with Crippen molar-refractivity contribution in [1.82, 2.24) is 0 Å². The summed E-state index contributed by atoms with van der Waals surface area (Å²) in [6, 6.07) is 25.1. The van der Waals surface area contributed by atoms with Crippen molar-refractivity contribution in [3.8, 4) is 23.0 Å². The van der Waals surface area contributed by atoms with Gasteiger partial charge in [-0.05, 0) is 84.9 Å². The second kappa shape index (κ2) is 11.5. The molecule has 0 saturated carbocycles. The first kappa shape index (κ1) is 28.2. The van der Waals surface area contributed by atoms with Crippen LogP contribution in [-0.2, 0) is 7.59 Å². The maximum Gasteiger partial charge on any atom is 0.218 e. The summed E-state index contributed by atoms with van der Waals surface area (Å²) in [4.78, 5) is 2.04. The number of nitrogen functional groups attached to an aromatic ring is 2. The van der Waals surface area contributed by atoms with Gasteiger partial charge in [0.2, 0.25) is 7.59 Å². The van der Waals surface area contributed by atoms with Gasteiger partial charge in [-0.2, -0.15) is 0 Å². The lowest BCUT2D eigenvalue weighted by molar-refractivity contribution is 0.481. The predicted molar refractivity (Wildman–Crippen MR) is 157 cm³/mol. The zero-order valence-electron chi connectivity index (χ0n) is 18.7. The van der Waals surface area contributed by atoms with E-state index in [-0.39, 0.29) is 0 Å². The third kappa shape index (κ3) is 7.61. The van der Waals surface area contributed by atoms with Gasteiger partial charge in [0.05, 0.1) is 0 Å². The molecule has 0 radical (unpaired) electrons. The van der Waals surface area contributed by atoms with Crippen LogP contribution in [0.15, 0.2) is 94.7 Å². The molecule has 0 aliphatic carbocycles. The molecule has 4 aromatic carbocycles. The lowest BCUT2D eigenvalue weighted by atomic mass is 10.2. The second-order valence-electron chi connectivity index (χ2n) is 7.74.